The topological polar surface area (TPSA) is 69.2 Å². The minimum atomic E-state index is -0.565. The summed E-state index contributed by atoms with van der Waals surface area (Å²) >= 11 is 0. The Balaban J connectivity index is 2.74. The maximum absolute atomic E-state index is 11.4. The summed E-state index contributed by atoms with van der Waals surface area (Å²) in [5.74, 6) is 0. The van der Waals surface area contributed by atoms with Crippen LogP contribution >= 0.6 is 0 Å². The summed E-state index contributed by atoms with van der Waals surface area (Å²) in [4.78, 5) is 22.8. The highest BCUT2D eigenvalue weighted by Gasteiger charge is 2.14. The van der Waals surface area contributed by atoms with Crippen LogP contribution in [-0.2, 0) is 19.8 Å². The number of aliphatic hydroxyl groups is 1. The summed E-state index contributed by atoms with van der Waals surface area (Å²) < 4.78 is 3.41. The van der Waals surface area contributed by atoms with Crippen molar-refractivity contribution < 1.29 is 5.11 Å². The van der Waals surface area contributed by atoms with E-state index in [1.54, 1.807) is 0 Å². The van der Waals surface area contributed by atoms with Gasteiger partial charge in [0.05, 0.1) is 13.1 Å². The number of rotatable bonds is 1. The van der Waals surface area contributed by atoms with Crippen LogP contribution in [0.1, 0.15) is 0 Å². The van der Waals surface area contributed by atoms with E-state index in [1.165, 1.54) is 9.36 Å². The van der Waals surface area contributed by atoms with Crippen molar-refractivity contribution in [1.29, 1.82) is 0 Å². The van der Waals surface area contributed by atoms with Crippen LogP contribution in [0.5, 0.6) is 0 Å². The second kappa shape index (κ2) is 2.74. The lowest BCUT2D eigenvalue weighted by atomic mass is 10.4. The molecular weight excluding hydrogens is 174 g/mol. The minimum absolute atomic E-state index is 0.390. The van der Waals surface area contributed by atoms with E-state index in [4.69, 9.17) is 5.11 Å². The predicted octanol–water partition coefficient (Wildman–Crippen LogP) is -1.67. The number of aromatic nitrogens is 3. The lowest BCUT2D eigenvalue weighted by Crippen LogP contribution is -2.28. The Kier molecular flexibility index (Phi) is 1.70. The van der Waals surface area contributed by atoms with E-state index in [-0.39, 0.29) is 0 Å². The fourth-order valence-electron chi connectivity index (χ4n) is 1.39. The first kappa shape index (κ1) is 8.06. The highest BCUT2D eigenvalue weighted by Crippen LogP contribution is 1.92. The molecule has 0 unspecified atom stereocenters. The van der Waals surface area contributed by atoms with Gasteiger partial charge in [0, 0.05) is 0 Å². The molecule has 0 saturated carbocycles. The van der Waals surface area contributed by atoms with Crippen LogP contribution in [0.2, 0.25) is 0 Å². The molecule has 0 bridgehead atoms. The maximum atomic E-state index is 11.4. The van der Waals surface area contributed by atoms with Crippen LogP contribution in [0.3, 0.4) is 0 Å². The van der Waals surface area contributed by atoms with Gasteiger partial charge in [0.25, 0.3) is 0 Å². The number of hydrogen-bond donors (Lipinski definition) is 1. The third-order valence-electron chi connectivity index (χ3n) is 2.06. The van der Waals surface area contributed by atoms with E-state index >= 15 is 0 Å². The van der Waals surface area contributed by atoms with Crippen molar-refractivity contribution in [2.75, 3.05) is 0 Å². The van der Waals surface area contributed by atoms with E-state index < -0.39 is 18.1 Å². The molecule has 1 N–H and O–H groups in total. The Bertz CT molecular complexity index is 423. The average molecular weight is 183 g/mol. The van der Waals surface area contributed by atoms with Gasteiger partial charge in [-0.05, 0) is 0 Å². The third kappa shape index (κ3) is 0.988. The Morgan fingerprint density at radius 2 is 1.62 bits per heavy atom. The monoisotopic (exact) mass is 183 g/mol. The maximum Gasteiger partial charge on any atom is 0.349 e. The molecule has 0 aromatic carbocycles. The Morgan fingerprint density at radius 1 is 1.15 bits per heavy atom. The Labute approximate surface area is 72.9 Å². The van der Waals surface area contributed by atoms with E-state index in [0.29, 0.717) is 13.1 Å². The molecule has 0 radical (unpaired) electrons. The molecule has 13 heavy (non-hydrogen) atoms. The standard InChI is InChI=1S/C7H9N3O3/c11-5-8-6(12)9-3-1-2-4-10(9)7(8)13/h1-2,11H,3-5H2. The van der Waals surface area contributed by atoms with Crippen LogP contribution in [0.15, 0.2) is 21.7 Å². The Hall–Kier alpha value is -1.56. The second-order valence-electron chi connectivity index (χ2n) is 2.77. The molecule has 1 aromatic heterocycles. The normalized spacial score (nSPS) is 14.5. The van der Waals surface area contributed by atoms with Crippen molar-refractivity contribution in [1.82, 2.24) is 13.9 Å². The second-order valence-corrected chi connectivity index (χ2v) is 2.77. The molecule has 0 fully saturated rings. The van der Waals surface area contributed by atoms with E-state index in [0.717, 1.165) is 4.57 Å². The van der Waals surface area contributed by atoms with Crippen molar-refractivity contribution in [3.05, 3.63) is 33.1 Å². The molecule has 1 aliphatic heterocycles. The molecule has 0 amide bonds. The van der Waals surface area contributed by atoms with Gasteiger partial charge in [0.2, 0.25) is 0 Å². The summed E-state index contributed by atoms with van der Waals surface area (Å²) in [6.07, 6.45) is 3.62. The van der Waals surface area contributed by atoms with Crippen molar-refractivity contribution >= 4 is 0 Å². The lowest BCUT2D eigenvalue weighted by Gasteiger charge is -2.08. The first-order chi connectivity index (χ1) is 6.25. The molecular formula is C7H9N3O3. The van der Waals surface area contributed by atoms with Crippen molar-refractivity contribution in [3.8, 4) is 0 Å². The number of hydrogen-bond acceptors (Lipinski definition) is 3. The van der Waals surface area contributed by atoms with Crippen LogP contribution in [0.25, 0.3) is 0 Å². The van der Waals surface area contributed by atoms with Gasteiger partial charge in [0.15, 0.2) is 0 Å². The molecule has 6 nitrogen and oxygen atoms in total. The highest BCUT2D eigenvalue weighted by molar-refractivity contribution is 4.90. The fraction of sp³-hybridized carbons (Fsp3) is 0.429. The molecule has 0 aliphatic carbocycles. The zero-order chi connectivity index (χ0) is 9.42. The number of allylic oxidation sites excluding steroid dienone is 2. The highest BCUT2D eigenvalue weighted by atomic mass is 16.3. The number of aliphatic hydroxyl groups excluding tert-OH is 1. The van der Waals surface area contributed by atoms with Gasteiger partial charge in [-0.1, -0.05) is 12.2 Å². The van der Waals surface area contributed by atoms with Crippen molar-refractivity contribution in [2.45, 2.75) is 19.8 Å². The molecule has 0 saturated heterocycles. The third-order valence-corrected chi connectivity index (χ3v) is 2.06. The van der Waals surface area contributed by atoms with Crippen LogP contribution in [-0.4, -0.2) is 19.0 Å². The van der Waals surface area contributed by atoms with Gasteiger partial charge in [-0.15, -0.1) is 0 Å². The summed E-state index contributed by atoms with van der Waals surface area (Å²) in [5.41, 5.74) is -0.923. The Morgan fingerprint density at radius 3 is 2.00 bits per heavy atom. The lowest BCUT2D eigenvalue weighted by molar-refractivity contribution is 0.201. The van der Waals surface area contributed by atoms with Gasteiger partial charge in [-0.25, -0.2) is 23.5 Å². The largest absolute Gasteiger partial charge is 0.376 e. The fourth-order valence-corrected chi connectivity index (χ4v) is 1.39. The minimum Gasteiger partial charge on any atom is -0.376 e. The molecule has 0 atom stereocenters. The van der Waals surface area contributed by atoms with Gasteiger partial charge < -0.3 is 5.11 Å². The van der Waals surface area contributed by atoms with E-state index in [2.05, 4.69) is 0 Å². The first-order valence-electron chi connectivity index (χ1n) is 3.92. The number of fused-ring (bicyclic) bond motifs is 1. The van der Waals surface area contributed by atoms with Crippen LogP contribution in [0.4, 0.5) is 0 Å². The summed E-state index contributed by atoms with van der Waals surface area (Å²) in [7, 11) is 0. The number of nitrogens with zero attached hydrogens (tertiary/aromatic N) is 3. The smallest absolute Gasteiger partial charge is 0.349 e. The van der Waals surface area contributed by atoms with Crippen molar-refractivity contribution in [3.63, 3.8) is 0 Å². The van der Waals surface area contributed by atoms with Crippen molar-refractivity contribution in [2.24, 2.45) is 0 Å². The van der Waals surface area contributed by atoms with Gasteiger partial charge >= 0.3 is 11.4 Å². The van der Waals surface area contributed by atoms with Crippen LogP contribution < -0.4 is 11.4 Å². The quantitative estimate of drug-likeness (QED) is 0.529. The molecule has 2 heterocycles. The zero-order valence-corrected chi connectivity index (χ0v) is 6.88. The predicted molar refractivity (Wildman–Crippen MR) is 44.3 cm³/mol. The van der Waals surface area contributed by atoms with Crippen LogP contribution in [0, 0.1) is 0 Å². The average Bonchev–Trinajstić information content (AvgIpc) is 2.41. The molecule has 2 rings (SSSR count). The van der Waals surface area contributed by atoms with Gasteiger partial charge in [-0.3, -0.25) is 0 Å². The van der Waals surface area contributed by atoms with Gasteiger partial charge in [-0.2, -0.15) is 0 Å². The summed E-state index contributed by atoms with van der Waals surface area (Å²) in [6, 6.07) is 0. The SMILES string of the molecule is O=c1n(CO)c(=O)n2n1CC=CC2. The molecule has 0 spiro atoms. The van der Waals surface area contributed by atoms with E-state index in [9.17, 15) is 9.59 Å². The first-order valence-corrected chi connectivity index (χ1v) is 3.92. The van der Waals surface area contributed by atoms with E-state index in [1.807, 2.05) is 12.2 Å². The molecule has 1 aromatic rings. The summed E-state index contributed by atoms with van der Waals surface area (Å²) in [6.45, 7) is 0.215. The molecule has 6 heteroatoms. The van der Waals surface area contributed by atoms with Gasteiger partial charge in [0.1, 0.15) is 6.73 Å². The molecule has 70 valence electrons. The zero-order valence-electron chi connectivity index (χ0n) is 6.88. The summed E-state index contributed by atoms with van der Waals surface area (Å²) in [5, 5.41) is 8.76. The molecule has 1 aliphatic rings.